The molecule has 7 aromatic rings. The third-order valence-corrected chi connectivity index (χ3v) is 19.3. The van der Waals surface area contributed by atoms with E-state index in [4.69, 9.17) is 62.7 Å². The molecule has 6 aromatic carbocycles. The Morgan fingerprint density at radius 3 is 1.72 bits per heavy atom. The van der Waals surface area contributed by atoms with Crippen LogP contribution in [0.2, 0.25) is 0 Å². The summed E-state index contributed by atoms with van der Waals surface area (Å²) in [4.78, 5) is 80.4. The van der Waals surface area contributed by atoms with Crippen LogP contribution in [0, 0.1) is 17.8 Å². The largest absolute Gasteiger partial charge is 0.494 e. The topological polar surface area (TPSA) is 226 Å². The molecule has 10 rings (SSSR count). The molecule has 0 bridgehead atoms. The fraction of sp³-hybridized carbons (Fsp3) is 0.412. The Labute approximate surface area is 590 Å². The van der Waals surface area contributed by atoms with Crippen molar-refractivity contribution < 1.29 is 77.1 Å². The van der Waals surface area contributed by atoms with Crippen molar-refractivity contribution >= 4 is 63.6 Å². The first kappa shape index (κ1) is 75.0. The monoisotopic (exact) mass is 1380 g/mol. The van der Waals surface area contributed by atoms with Gasteiger partial charge in [-0.25, -0.2) is 24.5 Å². The maximum atomic E-state index is 14.0. The van der Waals surface area contributed by atoms with E-state index in [2.05, 4.69) is 25.3 Å². The molecule has 100 heavy (non-hydrogen) atoms. The fourth-order valence-corrected chi connectivity index (χ4v) is 13.8. The van der Waals surface area contributed by atoms with E-state index in [1.807, 2.05) is 121 Å². The SMILES string of the molecule is C=CC(=O)OCCCCCCOc1ccc(OC2CCC(C(=O)Oc3ccc(OOCC4CCC(C(OO)c5ccc(OCCCCCCOC(=O)C=C)cc5)CC4)c(/C=N/N(CCCCCCOC(=O)C4c5ccccc5-c5ccccc54)c4nc5ccccc5s4)c3)CC2)cc1.C=O. The van der Waals surface area contributed by atoms with Gasteiger partial charge < -0.3 is 42.8 Å². The zero-order valence-electron chi connectivity index (χ0n) is 57.0. The lowest BCUT2D eigenvalue weighted by atomic mass is 9.78. The summed E-state index contributed by atoms with van der Waals surface area (Å²) >= 11 is 1.55. The van der Waals surface area contributed by atoms with E-state index < -0.39 is 24.0 Å². The number of anilines is 1. The Hall–Kier alpha value is -9.21. The normalized spacial score (nSPS) is 16.6. The molecule has 1 N–H and O–H groups in total. The van der Waals surface area contributed by atoms with Crippen LogP contribution < -0.4 is 28.8 Å². The molecule has 1 aromatic heterocycles. The molecule has 2 fully saturated rings. The van der Waals surface area contributed by atoms with Crippen LogP contribution in [0.25, 0.3) is 21.3 Å². The van der Waals surface area contributed by atoms with Gasteiger partial charge in [-0.05, 0) is 228 Å². The maximum absolute atomic E-state index is 14.0. The number of carbonyl (C=O) groups excluding carboxylic acids is 5. The predicted octanol–water partition coefficient (Wildman–Crippen LogP) is 17.1. The van der Waals surface area contributed by atoms with Crippen LogP contribution in [-0.4, -0.2) is 99.4 Å². The summed E-state index contributed by atoms with van der Waals surface area (Å²) in [5.41, 5.74) is 6.41. The van der Waals surface area contributed by atoms with Crippen molar-refractivity contribution in [3.63, 3.8) is 0 Å². The summed E-state index contributed by atoms with van der Waals surface area (Å²) in [5, 5.41) is 17.9. The summed E-state index contributed by atoms with van der Waals surface area (Å²) < 4.78 is 41.5. The van der Waals surface area contributed by atoms with Gasteiger partial charge in [0.15, 0.2) is 5.75 Å². The van der Waals surface area contributed by atoms with Gasteiger partial charge in [-0.15, -0.1) is 0 Å². The van der Waals surface area contributed by atoms with Gasteiger partial charge in [-0.2, -0.15) is 9.99 Å². The molecule has 0 amide bonds. The summed E-state index contributed by atoms with van der Waals surface area (Å²) in [6.07, 6.45) is 19.8. The van der Waals surface area contributed by atoms with Crippen molar-refractivity contribution in [1.82, 2.24) is 4.98 Å². The molecule has 3 aliphatic rings. The summed E-state index contributed by atoms with van der Waals surface area (Å²) in [6.45, 7) is 12.0. The van der Waals surface area contributed by atoms with Crippen LogP contribution in [-0.2, 0) is 48.0 Å². The smallest absolute Gasteiger partial charge is 0.330 e. The van der Waals surface area contributed by atoms with E-state index in [-0.39, 0.29) is 35.8 Å². The molecule has 19 nitrogen and oxygen atoms in total. The molecular formula is C80H93N3O16S. The highest BCUT2D eigenvalue weighted by Gasteiger charge is 2.35. The summed E-state index contributed by atoms with van der Waals surface area (Å²) in [5.74, 6) is 1.19. The number of ether oxygens (including phenoxy) is 7. The van der Waals surface area contributed by atoms with Crippen molar-refractivity contribution in [1.29, 1.82) is 0 Å². The molecular weight excluding hydrogens is 1290 g/mol. The summed E-state index contributed by atoms with van der Waals surface area (Å²) in [7, 11) is 0. The number of hydrazone groups is 1. The van der Waals surface area contributed by atoms with Gasteiger partial charge >= 0.3 is 23.9 Å². The quantitative estimate of drug-likeness (QED) is 0.00550. The first-order valence-corrected chi connectivity index (χ1v) is 35.9. The fourth-order valence-electron chi connectivity index (χ4n) is 12.9. The van der Waals surface area contributed by atoms with E-state index in [9.17, 15) is 24.4 Å². The molecule has 3 aliphatic carbocycles. The van der Waals surface area contributed by atoms with Gasteiger partial charge in [0.2, 0.25) is 5.13 Å². The van der Waals surface area contributed by atoms with E-state index >= 15 is 0 Å². The van der Waals surface area contributed by atoms with E-state index in [1.54, 1.807) is 35.8 Å². The van der Waals surface area contributed by atoms with Crippen molar-refractivity contribution in [2.75, 3.05) is 51.2 Å². The van der Waals surface area contributed by atoms with E-state index in [0.29, 0.717) is 88.9 Å². The number of aromatic nitrogens is 1. The Kier molecular flexibility index (Phi) is 30.6. The Morgan fingerprint density at radius 2 is 1.12 bits per heavy atom. The Morgan fingerprint density at radius 1 is 0.580 bits per heavy atom. The molecule has 1 heterocycles. The third kappa shape index (κ3) is 22.7. The lowest BCUT2D eigenvalue weighted by Gasteiger charge is -2.32. The predicted molar refractivity (Wildman–Crippen MR) is 385 cm³/mol. The molecule has 2 saturated carbocycles. The van der Waals surface area contributed by atoms with Crippen molar-refractivity contribution in [2.24, 2.45) is 22.9 Å². The number of fused-ring (bicyclic) bond motifs is 4. The second-order valence-corrected chi connectivity index (χ2v) is 26.2. The lowest BCUT2D eigenvalue weighted by Crippen LogP contribution is -2.30. The van der Waals surface area contributed by atoms with Crippen LogP contribution in [0.15, 0.2) is 170 Å². The van der Waals surface area contributed by atoms with Crippen molar-refractivity contribution in [3.05, 3.63) is 187 Å². The Balaban J connectivity index is 0.00000578. The molecule has 0 spiro atoms. The van der Waals surface area contributed by atoms with Gasteiger partial charge in [0.05, 0.1) is 68.1 Å². The highest BCUT2D eigenvalue weighted by atomic mass is 32.1. The zero-order valence-corrected chi connectivity index (χ0v) is 57.8. The van der Waals surface area contributed by atoms with Gasteiger partial charge in [0.25, 0.3) is 0 Å². The molecule has 0 saturated heterocycles. The minimum atomic E-state index is -0.491. The first-order chi connectivity index (χ1) is 49.1. The van der Waals surface area contributed by atoms with Crippen LogP contribution in [0.1, 0.15) is 163 Å². The van der Waals surface area contributed by atoms with Crippen LogP contribution in [0.4, 0.5) is 5.13 Å². The number of para-hydroxylation sites is 1. The molecule has 1 unspecified atom stereocenters. The molecule has 20 heteroatoms. The van der Waals surface area contributed by atoms with Gasteiger partial charge in [0, 0.05) is 24.3 Å². The van der Waals surface area contributed by atoms with E-state index in [0.717, 1.165) is 163 Å². The number of carbonyl (C=O) groups is 5. The molecule has 530 valence electrons. The standard InChI is InChI=1S/C79H91N3O15S.CH2O/c1-3-73(83)90-50-20-9-7-18-48-88-61-37-33-58(34-38-61)76(96-87)57-31-29-56(30-32-57)55-93-97-71-46-45-65(95-77(85)59-35-39-63(40-36-59)94-64-43-41-62(42-44-64)89-49-19-8-10-21-51-91-74(84)4-2)53-60(71)54-80-82(79-81-70-27-15-16-28-72(70)98-79)47-17-5-6-22-52-92-78(86)75-68-25-13-11-23-66(68)67-24-12-14-26-69(67)75;1-2/h3-4,11-16,23-28,33-34,37-38,41-46,53-54,56-57,59,63,75-76,87H,1-2,5-10,17-22,29-32,35-36,39-40,47-52,55H2;1H2/b80-54+;. The number of esters is 4. The highest BCUT2D eigenvalue weighted by molar-refractivity contribution is 7.22. The van der Waals surface area contributed by atoms with Gasteiger partial charge in [-0.3, -0.25) is 14.8 Å². The maximum Gasteiger partial charge on any atom is 0.330 e. The number of nitrogens with zero attached hydrogens (tertiary/aromatic N) is 3. The second kappa shape index (κ2) is 40.8. The average Bonchev–Trinajstić information content (AvgIpc) is 1.61. The number of hydrogen-bond acceptors (Lipinski definition) is 20. The Bertz CT molecular complexity index is 3650. The minimum Gasteiger partial charge on any atom is -0.494 e. The molecule has 1 atom stereocenters. The zero-order chi connectivity index (χ0) is 70.1. The van der Waals surface area contributed by atoms with Crippen molar-refractivity contribution in [2.45, 2.75) is 147 Å². The van der Waals surface area contributed by atoms with Crippen molar-refractivity contribution in [3.8, 4) is 39.9 Å². The molecule has 0 aliphatic heterocycles. The lowest BCUT2D eigenvalue weighted by molar-refractivity contribution is -0.296. The first-order valence-electron chi connectivity index (χ1n) is 35.1. The second-order valence-electron chi connectivity index (χ2n) is 25.2. The van der Waals surface area contributed by atoms with E-state index in [1.165, 1.54) is 12.2 Å². The molecule has 0 radical (unpaired) electrons. The number of unbranched alkanes of at least 4 members (excludes halogenated alkanes) is 9. The number of thiazole rings is 1. The number of benzene rings is 6. The third-order valence-electron chi connectivity index (χ3n) is 18.3. The number of hydrogen-bond donors (Lipinski definition) is 1. The van der Waals surface area contributed by atoms with Crippen LogP contribution in [0.3, 0.4) is 0 Å². The minimum absolute atomic E-state index is 0.0482. The average molecular weight is 1380 g/mol. The van der Waals surface area contributed by atoms with Gasteiger partial charge in [-0.1, -0.05) is 104 Å². The van der Waals surface area contributed by atoms with Crippen LogP contribution in [0.5, 0.6) is 28.7 Å². The van der Waals surface area contributed by atoms with Crippen LogP contribution >= 0.6 is 11.3 Å². The highest BCUT2D eigenvalue weighted by Crippen LogP contribution is 2.45. The van der Waals surface area contributed by atoms with Gasteiger partial charge in [0.1, 0.15) is 41.8 Å². The number of rotatable bonds is 40. The summed E-state index contributed by atoms with van der Waals surface area (Å²) in [6, 6.07) is 44.7.